The van der Waals surface area contributed by atoms with Crippen LogP contribution in [-0.2, 0) is 4.79 Å². The number of carbonyl (C=O) groups is 2. The summed E-state index contributed by atoms with van der Waals surface area (Å²) >= 11 is 5.81. The van der Waals surface area contributed by atoms with Gasteiger partial charge in [-0.3, -0.25) is 4.79 Å². The summed E-state index contributed by atoms with van der Waals surface area (Å²) in [6.07, 6.45) is 0.253. The van der Waals surface area contributed by atoms with Gasteiger partial charge in [-0.2, -0.15) is 0 Å². The topological polar surface area (TPSA) is 78.4 Å². The highest BCUT2D eigenvalue weighted by Gasteiger charge is 2.14. The first-order valence-electron chi connectivity index (χ1n) is 6.27. The standard InChI is InChI=1S/C14H19ClN2O3/c1-14(2,3)16-7-6-12(18)17-11-8-9(15)4-5-10(11)13(19)20/h4-5,8,16H,6-7H2,1-3H3,(H,17,18)(H,19,20). The highest BCUT2D eigenvalue weighted by atomic mass is 35.5. The third kappa shape index (κ3) is 5.59. The van der Waals surface area contributed by atoms with Crippen LogP contribution in [0.3, 0.4) is 0 Å². The lowest BCUT2D eigenvalue weighted by molar-refractivity contribution is -0.116. The molecule has 0 saturated carbocycles. The van der Waals surface area contributed by atoms with Gasteiger partial charge < -0.3 is 15.7 Å². The van der Waals surface area contributed by atoms with Gasteiger partial charge in [-0.15, -0.1) is 0 Å². The number of halogens is 1. The molecule has 0 aliphatic carbocycles. The maximum Gasteiger partial charge on any atom is 0.337 e. The lowest BCUT2D eigenvalue weighted by Gasteiger charge is -2.20. The third-order valence-corrected chi connectivity index (χ3v) is 2.73. The molecule has 0 aromatic heterocycles. The average Bonchev–Trinajstić information content (AvgIpc) is 2.26. The number of amides is 1. The van der Waals surface area contributed by atoms with Crippen molar-refractivity contribution in [3.8, 4) is 0 Å². The molecule has 0 spiro atoms. The van der Waals surface area contributed by atoms with Crippen molar-refractivity contribution in [2.24, 2.45) is 0 Å². The molecule has 1 aromatic rings. The van der Waals surface area contributed by atoms with Crippen LogP contribution in [0.1, 0.15) is 37.6 Å². The number of carboxylic acid groups (broad SMARTS) is 1. The predicted molar refractivity (Wildman–Crippen MR) is 79.4 cm³/mol. The van der Waals surface area contributed by atoms with Crippen molar-refractivity contribution in [3.05, 3.63) is 28.8 Å². The van der Waals surface area contributed by atoms with Crippen molar-refractivity contribution in [2.45, 2.75) is 32.7 Å². The van der Waals surface area contributed by atoms with Crippen LogP contribution in [-0.4, -0.2) is 29.1 Å². The molecule has 0 saturated heterocycles. The smallest absolute Gasteiger partial charge is 0.337 e. The first kappa shape index (κ1) is 16.5. The second-order valence-corrected chi connectivity index (χ2v) is 5.91. The van der Waals surface area contributed by atoms with Crippen molar-refractivity contribution in [1.82, 2.24) is 5.32 Å². The number of rotatable bonds is 5. The van der Waals surface area contributed by atoms with Gasteiger partial charge in [0.2, 0.25) is 5.91 Å². The van der Waals surface area contributed by atoms with Crippen molar-refractivity contribution < 1.29 is 14.7 Å². The van der Waals surface area contributed by atoms with E-state index in [9.17, 15) is 9.59 Å². The second kappa shape index (κ2) is 6.72. The summed E-state index contributed by atoms with van der Waals surface area (Å²) in [4.78, 5) is 22.9. The summed E-state index contributed by atoms with van der Waals surface area (Å²) in [5.41, 5.74) is 0.167. The number of carbonyl (C=O) groups excluding carboxylic acids is 1. The number of nitrogens with one attached hydrogen (secondary N) is 2. The number of carboxylic acids is 1. The van der Waals surface area contributed by atoms with E-state index in [-0.39, 0.29) is 29.1 Å². The fourth-order valence-corrected chi connectivity index (χ4v) is 1.74. The quantitative estimate of drug-likeness (QED) is 0.781. The summed E-state index contributed by atoms with van der Waals surface area (Å²) in [6, 6.07) is 4.27. The van der Waals surface area contributed by atoms with Crippen molar-refractivity contribution in [3.63, 3.8) is 0 Å². The Bertz CT molecular complexity index is 510. The molecule has 5 nitrogen and oxygen atoms in total. The van der Waals surface area contributed by atoms with Crippen LogP contribution < -0.4 is 10.6 Å². The lowest BCUT2D eigenvalue weighted by Crippen LogP contribution is -2.37. The van der Waals surface area contributed by atoms with Gasteiger partial charge in [0, 0.05) is 23.5 Å². The van der Waals surface area contributed by atoms with Crippen LogP contribution in [0.4, 0.5) is 5.69 Å². The van der Waals surface area contributed by atoms with Gasteiger partial charge in [-0.25, -0.2) is 4.79 Å². The molecular weight excluding hydrogens is 280 g/mol. The van der Waals surface area contributed by atoms with Crippen LogP contribution in [0.5, 0.6) is 0 Å². The van der Waals surface area contributed by atoms with Crippen LogP contribution >= 0.6 is 11.6 Å². The first-order valence-corrected chi connectivity index (χ1v) is 6.64. The molecule has 0 aliphatic rings. The summed E-state index contributed by atoms with van der Waals surface area (Å²) in [5, 5.41) is 15.2. The van der Waals surface area contributed by atoms with E-state index in [0.717, 1.165) is 0 Å². The number of hydrogen-bond donors (Lipinski definition) is 3. The van der Waals surface area contributed by atoms with E-state index in [2.05, 4.69) is 10.6 Å². The van der Waals surface area contributed by atoms with Gasteiger partial charge in [-0.1, -0.05) is 11.6 Å². The summed E-state index contributed by atoms with van der Waals surface area (Å²) < 4.78 is 0. The molecule has 6 heteroatoms. The van der Waals surface area contributed by atoms with Gasteiger partial charge in [0.1, 0.15) is 0 Å². The van der Waals surface area contributed by atoms with Crippen LogP contribution in [0.15, 0.2) is 18.2 Å². The largest absolute Gasteiger partial charge is 0.478 e. The monoisotopic (exact) mass is 298 g/mol. The Morgan fingerprint density at radius 3 is 2.50 bits per heavy atom. The number of aromatic carboxylic acids is 1. The number of anilines is 1. The lowest BCUT2D eigenvalue weighted by atomic mass is 10.1. The molecule has 20 heavy (non-hydrogen) atoms. The Hall–Kier alpha value is -1.59. The highest BCUT2D eigenvalue weighted by molar-refractivity contribution is 6.31. The Kier molecular flexibility index (Phi) is 5.53. The molecule has 1 rings (SSSR count). The maximum absolute atomic E-state index is 11.8. The minimum atomic E-state index is -1.11. The normalized spacial score (nSPS) is 11.2. The zero-order chi connectivity index (χ0) is 15.3. The molecule has 110 valence electrons. The van der Waals surface area contributed by atoms with Gasteiger partial charge in [0.05, 0.1) is 11.3 Å². The van der Waals surface area contributed by atoms with Gasteiger partial charge in [0.25, 0.3) is 0 Å². The Morgan fingerprint density at radius 2 is 1.95 bits per heavy atom. The number of hydrogen-bond acceptors (Lipinski definition) is 3. The minimum absolute atomic E-state index is 0.0199. The third-order valence-electron chi connectivity index (χ3n) is 2.49. The van der Waals surface area contributed by atoms with E-state index in [1.165, 1.54) is 18.2 Å². The Labute approximate surface area is 123 Å². The first-order chi connectivity index (χ1) is 9.19. The van der Waals surface area contributed by atoms with Crippen LogP contribution in [0.25, 0.3) is 0 Å². The van der Waals surface area contributed by atoms with E-state index in [0.29, 0.717) is 11.6 Å². The van der Waals surface area contributed by atoms with E-state index >= 15 is 0 Å². The van der Waals surface area contributed by atoms with Crippen LogP contribution in [0, 0.1) is 0 Å². The number of benzene rings is 1. The van der Waals surface area contributed by atoms with E-state index < -0.39 is 5.97 Å². The molecule has 0 radical (unpaired) electrons. The zero-order valence-corrected chi connectivity index (χ0v) is 12.5. The summed E-state index contributed by atoms with van der Waals surface area (Å²) in [5.74, 6) is -1.36. The molecular formula is C14H19ClN2O3. The van der Waals surface area contributed by atoms with Crippen molar-refractivity contribution >= 4 is 29.2 Å². The molecule has 0 heterocycles. The van der Waals surface area contributed by atoms with E-state index in [1.54, 1.807) is 0 Å². The van der Waals surface area contributed by atoms with Gasteiger partial charge in [-0.05, 0) is 39.0 Å². The van der Waals surface area contributed by atoms with Crippen molar-refractivity contribution in [1.29, 1.82) is 0 Å². The fraction of sp³-hybridized carbons (Fsp3) is 0.429. The van der Waals surface area contributed by atoms with E-state index in [4.69, 9.17) is 16.7 Å². The molecule has 3 N–H and O–H groups in total. The van der Waals surface area contributed by atoms with Gasteiger partial charge in [0.15, 0.2) is 0 Å². The summed E-state index contributed by atoms with van der Waals surface area (Å²) in [7, 11) is 0. The summed E-state index contributed by atoms with van der Waals surface area (Å²) in [6.45, 7) is 6.53. The SMILES string of the molecule is CC(C)(C)NCCC(=O)Nc1cc(Cl)ccc1C(=O)O. The molecule has 0 atom stereocenters. The average molecular weight is 299 g/mol. The maximum atomic E-state index is 11.8. The Morgan fingerprint density at radius 1 is 1.30 bits per heavy atom. The molecule has 1 aromatic carbocycles. The van der Waals surface area contributed by atoms with Crippen molar-refractivity contribution in [2.75, 3.05) is 11.9 Å². The van der Waals surface area contributed by atoms with E-state index in [1.807, 2.05) is 20.8 Å². The van der Waals surface area contributed by atoms with Crippen LogP contribution in [0.2, 0.25) is 5.02 Å². The molecule has 0 unspecified atom stereocenters. The highest BCUT2D eigenvalue weighted by Crippen LogP contribution is 2.21. The predicted octanol–water partition coefficient (Wildman–Crippen LogP) is 2.75. The Balaban J connectivity index is 2.66. The van der Waals surface area contributed by atoms with Gasteiger partial charge >= 0.3 is 5.97 Å². The molecule has 0 bridgehead atoms. The molecule has 0 aliphatic heterocycles. The zero-order valence-electron chi connectivity index (χ0n) is 11.8. The minimum Gasteiger partial charge on any atom is -0.478 e. The molecule has 0 fully saturated rings. The fourth-order valence-electron chi connectivity index (χ4n) is 1.57. The molecule has 1 amide bonds. The second-order valence-electron chi connectivity index (χ2n) is 5.47.